The monoisotopic (exact) mass is 237 g/mol. The summed E-state index contributed by atoms with van der Waals surface area (Å²) in [6, 6.07) is 0. The van der Waals surface area contributed by atoms with Crippen LogP contribution in [-0.4, -0.2) is 25.7 Å². The van der Waals surface area contributed by atoms with Crippen LogP contribution < -0.4 is 5.32 Å². The number of hydrogen-bond acceptors (Lipinski definition) is 5. The maximum atomic E-state index is 4.33. The van der Waals surface area contributed by atoms with Crippen molar-refractivity contribution in [2.45, 2.75) is 26.8 Å². The summed E-state index contributed by atoms with van der Waals surface area (Å²) in [5.41, 5.74) is 1.18. The number of aryl methyl sites for hydroxylation is 2. The van der Waals surface area contributed by atoms with Gasteiger partial charge in [-0.15, -0.1) is 0 Å². The summed E-state index contributed by atoms with van der Waals surface area (Å²) in [6.07, 6.45) is 4.77. The van der Waals surface area contributed by atoms with E-state index in [-0.39, 0.29) is 0 Å². The highest BCUT2D eigenvalue weighted by Gasteiger charge is 2.01. The van der Waals surface area contributed by atoms with Gasteiger partial charge in [0, 0.05) is 30.7 Å². The topological polar surface area (TPSA) is 55.6 Å². The molecule has 0 saturated carbocycles. The van der Waals surface area contributed by atoms with E-state index in [1.165, 1.54) is 17.1 Å². The minimum Gasteiger partial charge on any atom is -0.358 e. The molecule has 0 aliphatic heterocycles. The minimum absolute atomic E-state index is 0.819. The van der Waals surface area contributed by atoms with Gasteiger partial charge in [-0.2, -0.15) is 9.47 Å². The molecule has 6 heteroatoms. The Morgan fingerprint density at radius 2 is 2.38 bits per heavy atom. The first-order chi connectivity index (χ1) is 7.78. The molecule has 2 aromatic heterocycles. The van der Waals surface area contributed by atoms with Crippen LogP contribution in [0.3, 0.4) is 0 Å². The SMILES string of the molecule is CCc1nsc(NCCn2cc(C)cn2)n1. The lowest BCUT2D eigenvalue weighted by Gasteiger charge is -2.01. The number of nitrogens with zero attached hydrogens (tertiary/aromatic N) is 4. The minimum atomic E-state index is 0.819. The number of hydrogen-bond donors (Lipinski definition) is 1. The van der Waals surface area contributed by atoms with E-state index in [2.05, 4.69) is 26.7 Å². The molecule has 0 unspecified atom stereocenters. The van der Waals surface area contributed by atoms with Gasteiger partial charge in [-0.25, -0.2) is 4.98 Å². The maximum Gasteiger partial charge on any atom is 0.202 e. The van der Waals surface area contributed by atoms with Crippen LogP contribution in [0, 0.1) is 6.92 Å². The lowest BCUT2D eigenvalue weighted by molar-refractivity contribution is 0.637. The Bertz CT molecular complexity index is 448. The first kappa shape index (κ1) is 11.1. The van der Waals surface area contributed by atoms with Crippen LogP contribution in [0.5, 0.6) is 0 Å². The van der Waals surface area contributed by atoms with Crippen LogP contribution in [0.1, 0.15) is 18.3 Å². The fraction of sp³-hybridized carbons (Fsp3) is 0.500. The van der Waals surface area contributed by atoms with E-state index in [0.717, 1.165) is 30.5 Å². The molecule has 0 aliphatic rings. The van der Waals surface area contributed by atoms with Crippen molar-refractivity contribution < 1.29 is 0 Å². The van der Waals surface area contributed by atoms with Crippen molar-refractivity contribution in [2.24, 2.45) is 0 Å². The zero-order valence-corrected chi connectivity index (χ0v) is 10.3. The molecule has 0 aromatic carbocycles. The van der Waals surface area contributed by atoms with E-state index in [1.807, 2.05) is 24.0 Å². The first-order valence-corrected chi connectivity index (χ1v) is 6.11. The third kappa shape index (κ3) is 2.79. The predicted octanol–water partition coefficient (Wildman–Crippen LogP) is 1.72. The molecule has 2 heterocycles. The molecular formula is C10H15N5S. The number of rotatable bonds is 5. The number of anilines is 1. The average molecular weight is 237 g/mol. The largest absolute Gasteiger partial charge is 0.358 e. The smallest absolute Gasteiger partial charge is 0.202 e. The molecule has 2 aromatic rings. The summed E-state index contributed by atoms with van der Waals surface area (Å²) in [5, 5.41) is 8.34. The highest BCUT2D eigenvalue weighted by molar-refractivity contribution is 7.09. The Morgan fingerprint density at radius 3 is 3.00 bits per heavy atom. The van der Waals surface area contributed by atoms with Gasteiger partial charge in [0.25, 0.3) is 0 Å². The molecule has 0 radical (unpaired) electrons. The average Bonchev–Trinajstić information content (AvgIpc) is 2.88. The molecule has 0 bridgehead atoms. The Balaban J connectivity index is 1.79. The van der Waals surface area contributed by atoms with Crippen LogP contribution in [0.25, 0.3) is 0 Å². The zero-order valence-electron chi connectivity index (χ0n) is 9.47. The molecule has 16 heavy (non-hydrogen) atoms. The summed E-state index contributed by atoms with van der Waals surface area (Å²) in [4.78, 5) is 4.33. The molecule has 0 fully saturated rings. The molecule has 1 N–H and O–H groups in total. The lowest BCUT2D eigenvalue weighted by Crippen LogP contribution is -2.10. The van der Waals surface area contributed by atoms with Crippen molar-refractivity contribution in [2.75, 3.05) is 11.9 Å². The van der Waals surface area contributed by atoms with Gasteiger partial charge in [0.05, 0.1) is 12.7 Å². The van der Waals surface area contributed by atoms with Crippen molar-refractivity contribution in [1.82, 2.24) is 19.1 Å². The molecule has 0 amide bonds. The third-order valence-corrected chi connectivity index (χ3v) is 2.87. The quantitative estimate of drug-likeness (QED) is 0.860. The summed E-state index contributed by atoms with van der Waals surface area (Å²) in [6.45, 7) is 5.75. The molecule has 86 valence electrons. The molecule has 5 nitrogen and oxygen atoms in total. The van der Waals surface area contributed by atoms with Gasteiger partial charge < -0.3 is 5.32 Å². The van der Waals surface area contributed by atoms with Crippen LogP contribution in [0.2, 0.25) is 0 Å². The van der Waals surface area contributed by atoms with Crippen molar-refractivity contribution >= 4 is 16.7 Å². The normalized spacial score (nSPS) is 10.6. The Morgan fingerprint density at radius 1 is 1.50 bits per heavy atom. The van der Waals surface area contributed by atoms with Gasteiger partial charge in [0.1, 0.15) is 5.82 Å². The third-order valence-electron chi connectivity index (χ3n) is 2.16. The van der Waals surface area contributed by atoms with E-state index >= 15 is 0 Å². The Hall–Kier alpha value is -1.43. The van der Waals surface area contributed by atoms with Gasteiger partial charge in [0.15, 0.2) is 0 Å². The second-order valence-electron chi connectivity index (χ2n) is 3.58. The summed E-state index contributed by atoms with van der Waals surface area (Å²) in [5.74, 6) is 0.905. The van der Waals surface area contributed by atoms with Crippen LogP contribution in [-0.2, 0) is 13.0 Å². The molecule has 0 aliphatic carbocycles. The van der Waals surface area contributed by atoms with E-state index in [0.29, 0.717) is 0 Å². The summed E-state index contributed by atoms with van der Waals surface area (Å²) < 4.78 is 6.13. The first-order valence-electron chi connectivity index (χ1n) is 5.33. The Labute approximate surface area is 98.7 Å². The molecular weight excluding hydrogens is 222 g/mol. The van der Waals surface area contributed by atoms with Crippen molar-refractivity contribution in [3.63, 3.8) is 0 Å². The van der Waals surface area contributed by atoms with Crippen molar-refractivity contribution in [1.29, 1.82) is 0 Å². The van der Waals surface area contributed by atoms with Gasteiger partial charge in [-0.05, 0) is 12.5 Å². The van der Waals surface area contributed by atoms with Gasteiger partial charge in [-0.1, -0.05) is 6.92 Å². The zero-order chi connectivity index (χ0) is 11.4. The summed E-state index contributed by atoms with van der Waals surface area (Å²) in [7, 11) is 0. The molecule has 0 spiro atoms. The van der Waals surface area contributed by atoms with Crippen molar-refractivity contribution in [3.05, 3.63) is 23.8 Å². The highest BCUT2D eigenvalue weighted by Crippen LogP contribution is 2.10. The molecule has 0 saturated heterocycles. The second kappa shape index (κ2) is 5.07. The molecule has 0 atom stereocenters. The fourth-order valence-electron chi connectivity index (χ4n) is 1.34. The Kier molecular flexibility index (Phi) is 3.51. The predicted molar refractivity (Wildman–Crippen MR) is 64.7 cm³/mol. The van der Waals surface area contributed by atoms with E-state index < -0.39 is 0 Å². The van der Waals surface area contributed by atoms with E-state index in [1.54, 1.807) is 0 Å². The van der Waals surface area contributed by atoms with Gasteiger partial charge >= 0.3 is 0 Å². The number of nitrogens with one attached hydrogen (secondary N) is 1. The van der Waals surface area contributed by atoms with Crippen molar-refractivity contribution in [3.8, 4) is 0 Å². The number of aromatic nitrogens is 4. The van der Waals surface area contributed by atoms with Gasteiger partial charge in [0.2, 0.25) is 5.13 Å². The summed E-state index contributed by atoms with van der Waals surface area (Å²) >= 11 is 1.41. The van der Waals surface area contributed by atoms with E-state index in [4.69, 9.17) is 0 Å². The van der Waals surface area contributed by atoms with Gasteiger partial charge in [-0.3, -0.25) is 4.68 Å². The van der Waals surface area contributed by atoms with Crippen LogP contribution in [0.4, 0.5) is 5.13 Å². The van der Waals surface area contributed by atoms with E-state index in [9.17, 15) is 0 Å². The second-order valence-corrected chi connectivity index (χ2v) is 4.33. The maximum absolute atomic E-state index is 4.33. The lowest BCUT2D eigenvalue weighted by atomic mass is 10.4. The standard InChI is InChI=1S/C10H15N5S/c1-3-9-13-10(16-14-9)11-4-5-15-7-8(2)6-12-15/h6-7H,3-5H2,1-2H3,(H,11,13,14). The van der Waals surface area contributed by atoms with Crippen LogP contribution in [0.15, 0.2) is 12.4 Å². The highest BCUT2D eigenvalue weighted by atomic mass is 32.1. The van der Waals surface area contributed by atoms with Crippen LogP contribution >= 0.6 is 11.5 Å². The fourth-order valence-corrected chi connectivity index (χ4v) is 2.01. The molecule has 2 rings (SSSR count).